The van der Waals surface area contributed by atoms with Gasteiger partial charge in [0.25, 0.3) is 0 Å². The molecule has 0 radical (unpaired) electrons. The lowest BCUT2D eigenvalue weighted by molar-refractivity contribution is -0.122. The molecule has 1 fully saturated rings. The molecule has 3 nitrogen and oxygen atoms in total. The van der Waals surface area contributed by atoms with Gasteiger partial charge in [0.15, 0.2) is 0 Å². The third-order valence-corrected chi connectivity index (χ3v) is 5.51. The zero-order chi connectivity index (χ0) is 16.2. The van der Waals surface area contributed by atoms with E-state index in [9.17, 15) is 4.79 Å². The number of amides is 1. The van der Waals surface area contributed by atoms with Crippen LogP contribution in [0.2, 0.25) is 0 Å². The molecule has 1 aliphatic rings. The summed E-state index contributed by atoms with van der Waals surface area (Å²) < 4.78 is 0. The molecule has 3 rings (SSSR count). The molecule has 4 heteroatoms. The van der Waals surface area contributed by atoms with Crippen LogP contribution in [0.3, 0.4) is 0 Å². The third-order valence-electron chi connectivity index (χ3n) is 4.41. The van der Waals surface area contributed by atoms with E-state index in [1.165, 1.54) is 21.7 Å². The first kappa shape index (κ1) is 16.2. The monoisotopic (exact) mass is 328 g/mol. The first-order valence-corrected chi connectivity index (χ1v) is 9.06. The van der Waals surface area contributed by atoms with Crippen LogP contribution in [-0.2, 0) is 11.3 Å². The molecule has 1 aliphatic heterocycles. The Morgan fingerprint density at radius 3 is 2.70 bits per heavy atom. The Kier molecular flexibility index (Phi) is 5.13. The number of hydrogen-bond acceptors (Lipinski definition) is 3. The molecule has 0 saturated carbocycles. The standard InChI is InChI=1S/C19H24N2OS/c1-14-5-8-16(9-6-14)12-20-19(22)13-21-11-3-4-17(21)18-10-7-15(2)23-18/h5-10,17H,3-4,11-13H2,1-2H3,(H,20,22). The van der Waals surface area contributed by atoms with Crippen molar-refractivity contribution in [3.8, 4) is 0 Å². The highest BCUT2D eigenvalue weighted by Crippen LogP contribution is 2.35. The minimum atomic E-state index is 0.116. The van der Waals surface area contributed by atoms with Crippen molar-refractivity contribution in [2.45, 2.75) is 39.3 Å². The molecule has 0 aliphatic carbocycles. The van der Waals surface area contributed by atoms with Crippen LogP contribution in [0.4, 0.5) is 0 Å². The summed E-state index contributed by atoms with van der Waals surface area (Å²) in [4.78, 5) is 17.3. The molecule has 23 heavy (non-hydrogen) atoms. The van der Waals surface area contributed by atoms with Crippen molar-refractivity contribution in [2.75, 3.05) is 13.1 Å². The molecule has 1 amide bonds. The Bertz CT molecular complexity index is 662. The zero-order valence-electron chi connectivity index (χ0n) is 13.8. The minimum Gasteiger partial charge on any atom is -0.351 e. The normalized spacial score (nSPS) is 18.3. The minimum absolute atomic E-state index is 0.116. The Morgan fingerprint density at radius 1 is 1.22 bits per heavy atom. The van der Waals surface area contributed by atoms with Crippen molar-refractivity contribution >= 4 is 17.2 Å². The SMILES string of the molecule is Cc1ccc(CNC(=O)CN2CCCC2c2ccc(C)s2)cc1. The summed E-state index contributed by atoms with van der Waals surface area (Å²) in [5.74, 6) is 0.116. The Morgan fingerprint density at radius 2 is 2.00 bits per heavy atom. The second-order valence-electron chi connectivity index (χ2n) is 6.34. The number of thiophene rings is 1. The lowest BCUT2D eigenvalue weighted by Gasteiger charge is -2.23. The lowest BCUT2D eigenvalue weighted by Crippen LogP contribution is -2.36. The molecule has 1 aromatic heterocycles. The van der Waals surface area contributed by atoms with E-state index in [1.54, 1.807) is 0 Å². The van der Waals surface area contributed by atoms with E-state index in [1.807, 2.05) is 11.3 Å². The second-order valence-corrected chi connectivity index (χ2v) is 7.66. The molecule has 0 spiro atoms. The Balaban J connectivity index is 1.53. The number of nitrogens with one attached hydrogen (secondary N) is 1. The summed E-state index contributed by atoms with van der Waals surface area (Å²) in [6.45, 7) is 6.33. The summed E-state index contributed by atoms with van der Waals surface area (Å²) in [6.07, 6.45) is 2.33. The van der Waals surface area contributed by atoms with Gasteiger partial charge in [-0.25, -0.2) is 0 Å². The van der Waals surface area contributed by atoms with Crippen molar-refractivity contribution in [1.82, 2.24) is 10.2 Å². The molecule has 2 aromatic rings. The average molecular weight is 328 g/mol. The zero-order valence-corrected chi connectivity index (χ0v) is 14.7. The van der Waals surface area contributed by atoms with Crippen LogP contribution in [-0.4, -0.2) is 23.9 Å². The summed E-state index contributed by atoms with van der Waals surface area (Å²) in [5, 5.41) is 3.05. The van der Waals surface area contributed by atoms with E-state index in [0.29, 0.717) is 19.1 Å². The molecule has 1 saturated heterocycles. The molecule has 0 bridgehead atoms. The fourth-order valence-corrected chi connectivity index (χ4v) is 4.16. The number of rotatable bonds is 5. The second kappa shape index (κ2) is 7.28. The number of likely N-dealkylation sites (tertiary alicyclic amines) is 1. The van der Waals surface area contributed by atoms with Gasteiger partial charge in [-0.1, -0.05) is 29.8 Å². The third kappa shape index (κ3) is 4.21. The van der Waals surface area contributed by atoms with E-state index in [2.05, 4.69) is 60.5 Å². The molecule has 1 N–H and O–H groups in total. The van der Waals surface area contributed by atoms with Gasteiger partial charge in [-0.2, -0.15) is 0 Å². The number of aryl methyl sites for hydroxylation is 2. The number of carbonyl (C=O) groups excluding carboxylic acids is 1. The number of benzene rings is 1. The van der Waals surface area contributed by atoms with Crippen LogP contribution in [0.25, 0.3) is 0 Å². The highest BCUT2D eigenvalue weighted by atomic mass is 32.1. The van der Waals surface area contributed by atoms with Crippen LogP contribution in [0.5, 0.6) is 0 Å². The van der Waals surface area contributed by atoms with Crippen LogP contribution in [0.1, 0.15) is 39.8 Å². The van der Waals surface area contributed by atoms with Gasteiger partial charge in [0.1, 0.15) is 0 Å². The predicted molar refractivity (Wildman–Crippen MR) is 95.6 cm³/mol. The number of hydrogen-bond donors (Lipinski definition) is 1. The number of carbonyl (C=O) groups is 1. The molecular formula is C19H24N2OS. The average Bonchev–Trinajstić information content (AvgIpc) is 3.15. The summed E-state index contributed by atoms with van der Waals surface area (Å²) in [6, 6.07) is 13.1. The van der Waals surface area contributed by atoms with Gasteiger partial charge < -0.3 is 5.32 Å². The van der Waals surface area contributed by atoms with E-state index in [-0.39, 0.29) is 5.91 Å². The number of nitrogens with zero attached hydrogens (tertiary/aromatic N) is 1. The Labute approximate surface area is 142 Å². The highest BCUT2D eigenvalue weighted by molar-refractivity contribution is 7.12. The quantitative estimate of drug-likeness (QED) is 0.905. The van der Waals surface area contributed by atoms with Gasteiger partial charge in [0, 0.05) is 22.3 Å². The molecule has 1 aromatic carbocycles. The van der Waals surface area contributed by atoms with Crippen LogP contribution >= 0.6 is 11.3 Å². The first-order valence-electron chi connectivity index (χ1n) is 8.24. The smallest absolute Gasteiger partial charge is 0.234 e. The van der Waals surface area contributed by atoms with E-state index in [4.69, 9.17) is 0 Å². The van der Waals surface area contributed by atoms with Crippen LogP contribution < -0.4 is 5.32 Å². The predicted octanol–water partition coefficient (Wildman–Crippen LogP) is 3.82. The van der Waals surface area contributed by atoms with Gasteiger partial charge >= 0.3 is 0 Å². The van der Waals surface area contributed by atoms with Gasteiger partial charge in [-0.3, -0.25) is 9.69 Å². The summed E-state index contributed by atoms with van der Waals surface area (Å²) >= 11 is 1.85. The van der Waals surface area contributed by atoms with Crippen LogP contribution in [0.15, 0.2) is 36.4 Å². The van der Waals surface area contributed by atoms with Crippen molar-refractivity contribution < 1.29 is 4.79 Å². The van der Waals surface area contributed by atoms with E-state index in [0.717, 1.165) is 18.5 Å². The fourth-order valence-electron chi connectivity index (χ4n) is 3.12. The largest absolute Gasteiger partial charge is 0.351 e. The summed E-state index contributed by atoms with van der Waals surface area (Å²) in [7, 11) is 0. The van der Waals surface area contributed by atoms with Crippen molar-refractivity contribution in [1.29, 1.82) is 0 Å². The maximum atomic E-state index is 12.3. The van der Waals surface area contributed by atoms with Crippen molar-refractivity contribution in [2.24, 2.45) is 0 Å². The molecule has 2 heterocycles. The molecule has 1 unspecified atom stereocenters. The van der Waals surface area contributed by atoms with Crippen LogP contribution in [0, 0.1) is 13.8 Å². The van der Waals surface area contributed by atoms with Gasteiger partial charge in [-0.15, -0.1) is 11.3 Å². The summed E-state index contributed by atoms with van der Waals surface area (Å²) in [5.41, 5.74) is 2.39. The topological polar surface area (TPSA) is 32.3 Å². The van der Waals surface area contributed by atoms with E-state index >= 15 is 0 Å². The first-order chi connectivity index (χ1) is 11.1. The van der Waals surface area contributed by atoms with Crippen molar-refractivity contribution in [3.05, 3.63) is 57.3 Å². The molecule has 122 valence electrons. The van der Waals surface area contributed by atoms with Gasteiger partial charge in [0.2, 0.25) is 5.91 Å². The Hall–Kier alpha value is -1.65. The van der Waals surface area contributed by atoms with Gasteiger partial charge in [-0.05, 0) is 50.9 Å². The highest BCUT2D eigenvalue weighted by Gasteiger charge is 2.28. The van der Waals surface area contributed by atoms with E-state index < -0.39 is 0 Å². The lowest BCUT2D eigenvalue weighted by atomic mass is 10.1. The maximum absolute atomic E-state index is 12.3. The maximum Gasteiger partial charge on any atom is 0.234 e. The van der Waals surface area contributed by atoms with Crippen molar-refractivity contribution in [3.63, 3.8) is 0 Å². The molecule has 1 atom stereocenters. The fraction of sp³-hybridized carbons (Fsp3) is 0.421. The van der Waals surface area contributed by atoms with Gasteiger partial charge in [0.05, 0.1) is 6.54 Å². The molecular weight excluding hydrogens is 304 g/mol.